The van der Waals surface area contributed by atoms with Crippen LogP contribution < -0.4 is 15.4 Å². The van der Waals surface area contributed by atoms with Crippen molar-refractivity contribution in [1.29, 1.82) is 0 Å². The van der Waals surface area contributed by atoms with Crippen molar-refractivity contribution < 1.29 is 23.4 Å². The van der Waals surface area contributed by atoms with Crippen LogP contribution >= 0.6 is 0 Å². The van der Waals surface area contributed by atoms with Gasteiger partial charge in [0.25, 0.3) is 0 Å². The van der Waals surface area contributed by atoms with Crippen molar-refractivity contribution in [2.75, 3.05) is 19.7 Å². The fraction of sp³-hybridized carbons (Fsp3) is 0.533. The lowest BCUT2D eigenvalue weighted by molar-refractivity contribution is 0.132. The molecular formula is C15H20F2N2O3. The van der Waals surface area contributed by atoms with Crippen LogP contribution in [0.15, 0.2) is 18.2 Å². The highest BCUT2D eigenvalue weighted by Crippen LogP contribution is 2.24. The number of halogens is 2. The van der Waals surface area contributed by atoms with Crippen LogP contribution in [0.1, 0.15) is 19.3 Å². The molecule has 3 N–H and O–H groups in total. The molecule has 1 saturated carbocycles. The first-order valence-corrected chi connectivity index (χ1v) is 7.34. The summed E-state index contributed by atoms with van der Waals surface area (Å²) in [6, 6.07) is 2.68. The highest BCUT2D eigenvalue weighted by Gasteiger charge is 2.25. The molecule has 2 amide bonds. The Morgan fingerprint density at radius 3 is 2.82 bits per heavy atom. The van der Waals surface area contributed by atoms with Gasteiger partial charge in [0, 0.05) is 18.5 Å². The number of aliphatic hydroxyl groups excluding tert-OH is 1. The standard InChI is InChI=1S/C15H20F2N2O3/c16-11-4-5-14(12(17)8-11)22-7-6-18-15(21)19-9-10-2-1-3-13(10)20/h4-5,8,10,13,20H,1-3,6-7,9H2,(H2,18,19,21)/t10-,13-/m0/s1. The molecule has 0 bridgehead atoms. The van der Waals surface area contributed by atoms with E-state index in [0.717, 1.165) is 31.4 Å². The number of carbonyl (C=O) groups excluding carboxylic acids is 1. The maximum absolute atomic E-state index is 13.3. The minimum atomic E-state index is -0.778. The zero-order chi connectivity index (χ0) is 15.9. The number of hydrogen-bond donors (Lipinski definition) is 3. The molecule has 5 nitrogen and oxygen atoms in total. The monoisotopic (exact) mass is 314 g/mol. The van der Waals surface area contributed by atoms with Crippen molar-refractivity contribution in [3.05, 3.63) is 29.8 Å². The number of benzene rings is 1. The molecular weight excluding hydrogens is 294 g/mol. The van der Waals surface area contributed by atoms with Crippen molar-refractivity contribution in [3.8, 4) is 5.75 Å². The lowest BCUT2D eigenvalue weighted by atomic mass is 10.1. The van der Waals surface area contributed by atoms with Crippen LogP contribution in [0.2, 0.25) is 0 Å². The molecule has 2 atom stereocenters. The summed E-state index contributed by atoms with van der Waals surface area (Å²) in [4.78, 5) is 11.5. The molecule has 22 heavy (non-hydrogen) atoms. The van der Waals surface area contributed by atoms with Gasteiger partial charge in [-0.3, -0.25) is 0 Å². The van der Waals surface area contributed by atoms with E-state index in [-0.39, 0.29) is 37.0 Å². The van der Waals surface area contributed by atoms with Crippen LogP contribution in [0.25, 0.3) is 0 Å². The van der Waals surface area contributed by atoms with E-state index in [9.17, 15) is 18.7 Å². The maximum atomic E-state index is 13.3. The second-order valence-corrected chi connectivity index (χ2v) is 5.32. The van der Waals surface area contributed by atoms with Gasteiger partial charge in [0.1, 0.15) is 12.4 Å². The highest BCUT2D eigenvalue weighted by atomic mass is 19.1. The lowest BCUT2D eigenvalue weighted by Crippen LogP contribution is -2.41. The van der Waals surface area contributed by atoms with E-state index in [1.165, 1.54) is 6.07 Å². The molecule has 0 aliphatic heterocycles. The van der Waals surface area contributed by atoms with E-state index in [1.54, 1.807) is 0 Å². The second kappa shape index (κ2) is 7.93. The molecule has 7 heteroatoms. The van der Waals surface area contributed by atoms with Crippen molar-refractivity contribution in [1.82, 2.24) is 10.6 Å². The van der Waals surface area contributed by atoms with E-state index in [0.29, 0.717) is 6.54 Å². The van der Waals surface area contributed by atoms with E-state index in [4.69, 9.17) is 4.74 Å². The molecule has 1 aromatic carbocycles. The summed E-state index contributed by atoms with van der Waals surface area (Å²) in [6.45, 7) is 0.693. The Kier molecular flexibility index (Phi) is 5.94. The van der Waals surface area contributed by atoms with E-state index in [1.807, 2.05) is 0 Å². The Morgan fingerprint density at radius 1 is 1.32 bits per heavy atom. The van der Waals surface area contributed by atoms with Gasteiger partial charge in [-0.05, 0) is 25.0 Å². The molecule has 1 fully saturated rings. The summed E-state index contributed by atoms with van der Waals surface area (Å²) in [5, 5.41) is 14.9. The van der Waals surface area contributed by atoms with Crippen molar-refractivity contribution in [2.45, 2.75) is 25.4 Å². The first kappa shape index (κ1) is 16.5. The van der Waals surface area contributed by atoms with E-state index in [2.05, 4.69) is 10.6 Å². The topological polar surface area (TPSA) is 70.6 Å². The number of carbonyl (C=O) groups is 1. The van der Waals surface area contributed by atoms with Gasteiger partial charge in [0.2, 0.25) is 0 Å². The smallest absolute Gasteiger partial charge is 0.314 e. The minimum absolute atomic E-state index is 0.0577. The number of urea groups is 1. The normalized spacial score (nSPS) is 20.7. The average molecular weight is 314 g/mol. The predicted molar refractivity (Wildman–Crippen MR) is 76.6 cm³/mol. The molecule has 0 spiro atoms. The Balaban J connectivity index is 1.60. The van der Waals surface area contributed by atoms with Crippen molar-refractivity contribution in [2.24, 2.45) is 5.92 Å². The molecule has 0 aromatic heterocycles. The van der Waals surface area contributed by atoms with Gasteiger partial charge in [-0.25, -0.2) is 13.6 Å². The highest BCUT2D eigenvalue weighted by molar-refractivity contribution is 5.73. The van der Waals surface area contributed by atoms with Gasteiger partial charge >= 0.3 is 6.03 Å². The third kappa shape index (κ3) is 4.84. The van der Waals surface area contributed by atoms with Gasteiger partial charge in [-0.1, -0.05) is 6.42 Å². The largest absolute Gasteiger partial charge is 0.489 e. The van der Waals surface area contributed by atoms with Crippen LogP contribution in [-0.4, -0.2) is 36.9 Å². The number of hydrogen-bond acceptors (Lipinski definition) is 3. The van der Waals surface area contributed by atoms with Crippen molar-refractivity contribution >= 4 is 6.03 Å². The molecule has 0 unspecified atom stereocenters. The fourth-order valence-corrected chi connectivity index (χ4v) is 2.46. The number of aliphatic hydroxyl groups is 1. The Bertz CT molecular complexity index is 514. The summed E-state index contributed by atoms with van der Waals surface area (Å²) in [5.74, 6) is -1.40. The Morgan fingerprint density at radius 2 is 2.14 bits per heavy atom. The maximum Gasteiger partial charge on any atom is 0.314 e. The molecule has 2 rings (SSSR count). The molecule has 0 radical (unpaired) electrons. The first-order chi connectivity index (χ1) is 10.6. The average Bonchev–Trinajstić information content (AvgIpc) is 2.88. The summed E-state index contributed by atoms with van der Waals surface area (Å²) in [6.07, 6.45) is 2.33. The quantitative estimate of drug-likeness (QED) is 0.701. The Hall–Kier alpha value is -1.89. The van der Waals surface area contributed by atoms with Gasteiger partial charge in [0.05, 0.1) is 12.6 Å². The number of nitrogens with one attached hydrogen (secondary N) is 2. The predicted octanol–water partition coefficient (Wildman–Crippen LogP) is 1.80. The number of amides is 2. The molecule has 1 aromatic rings. The third-order valence-corrected chi connectivity index (χ3v) is 3.68. The third-order valence-electron chi connectivity index (χ3n) is 3.68. The van der Waals surface area contributed by atoms with Crippen molar-refractivity contribution in [3.63, 3.8) is 0 Å². The SMILES string of the molecule is O=C(NCCOc1ccc(F)cc1F)NC[C@@H]1CCC[C@@H]1O. The van der Waals surface area contributed by atoms with Gasteiger partial charge < -0.3 is 20.5 Å². The van der Waals surface area contributed by atoms with E-state index < -0.39 is 11.6 Å². The van der Waals surface area contributed by atoms with Crippen LogP contribution in [0.4, 0.5) is 13.6 Å². The second-order valence-electron chi connectivity index (χ2n) is 5.32. The van der Waals surface area contributed by atoms with Crippen LogP contribution in [0.5, 0.6) is 5.75 Å². The van der Waals surface area contributed by atoms with Crippen LogP contribution in [0, 0.1) is 17.6 Å². The zero-order valence-corrected chi connectivity index (χ0v) is 12.1. The Labute approximate surface area is 127 Å². The molecule has 0 heterocycles. The molecule has 1 aliphatic rings. The summed E-state index contributed by atoms with van der Waals surface area (Å²) < 4.78 is 31.1. The van der Waals surface area contributed by atoms with E-state index >= 15 is 0 Å². The van der Waals surface area contributed by atoms with Gasteiger partial charge in [0.15, 0.2) is 11.6 Å². The minimum Gasteiger partial charge on any atom is -0.489 e. The van der Waals surface area contributed by atoms with Gasteiger partial charge in [-0.15, -0.1) is 0 Å². The van der Waals surface area contributed by atoms with Crippen LogP contribution in [0.3, 0.4) is 0 Å². The number of rotatable bonds is 6. The van der Waals surface area contributed by atoms with Crippen LogP contribution in [-0.2, 0) is 0 Å². The summed E-state index contributed by atoms with van der Waals surface area (Å²) in [5.41, 5.74) is 0. The molecule has 1 aliphatic carbocycles. The first-order valence-electron chi connectivity index (χ1n) is 7.34. The van der Waals surface area contributed by atoms with Gasteiger partial charge in [-0.2, -0.15) is 0 Å². The zero-order valence-electron chi connectivity index (χ0n) is 12.1. The lowest BCUT2D eigenvalue weighted by Gasteiger charge is -2.15. The summed E-state index contributed by atoms with van der Waals surface area (Å²) >= 11 is 0. The fourth-order valence-electron chi connectivity index (χ4n) is 2.46. The summed E-state index contributed by atoms with van der Waals surface area (Å²) in [7, 11) is 0. The number of ether oxygens (including phenoxy) is 1. The molecule has 122 valence electrons. The molecule has 0 saturated heterocycles.